The third-order valence-corrected chi connectivity index (χ3v) is 5.82. The number of alkyl halides is 2. The number of hydrogen-bond acceptors (Lipinski definition) is 4. The molecule has 0 aliphatic heterocycles. The Morgan fingerprint density at radius 1 is 1.09 bits per heavy atom. The van der Waals surface area contributed by atoms with Crippen LogP contribution in [0.2, 0.25) is 0 Å². The Balaban J connectivity index is 1.46. The number of hydrogen-bond donors (Lipinski definition) is 1. The summed E-state index contributed by atoms with van der Waals surface area (Å²) in [7, 11) is 0. The van der Waals surface area contributed by atoms with E-state index in [9.17, 15) is 18.0 Å². The van der Waals surface area contributed by atoms with Crippen LogP contribution in [0.3, 0.4) is 0 Å². The maximum Gasteiger partial charge on any atom is 0.280 e. The third-order valence-electron chi connectivity index (χ3n) is 5.24. The van der Waals surface area contributed by atoms with Gasteiger partial charge in [-0.05, 0) is 39.7 Å². The summed E-state index contributed by atoms with van der Waals surface area (Å²) >= 11 is 3.36. The molecule has 0 aliphatic rings. The van der Waals surface area contributed by atoms with Crippen LogP contribution in [0.5, 0.6) is 0 Å². The van der Waals surface area contributed by atoms with E-state index in [2.05, 4.69) is 36.4 Å². The van der Waals surface area contributed by atoms with Gasteiger partial charge < -0.3 is 5.32 Å². The molecule has 0 saturated carbocycles. The third kappa shape index (κ3) is 4.67. The summed E-state index contributed by atoms with van der Waals surface area (Å²) in [5.41, 5.74) is 1.39. The quantitative estimate of drug-likeness (QED) is 0.298. The molecule has 0 saturated heterocycles. The minimum atomic E-state index is -2.82. The molecule has 5 rings (SSSR count). The van der Waals surface area contributed by atoms with E-state index in [0.29, 0.717) is 22.3 Å². The number of halogens is 4. The number of fused-ring (bicyclic) bond motifs is 1. The van der Waals surface area contributed by atoms with Crippen molar-refractivity contribution in [2.24, 2.45) is 0 Å². The Kier molecular flexibility index (Phi) is 6.08. The first-order valence-corrected chi connectivity index (χ1v) is 11.2. The van der Waals surface area contributed by atoms with Gasteiger partial charge in [-0.1, -0.05) is 42.5 Å². The van der Waals surface area contributed by atoms with Crippen molar-refractivity contribution in [1.29, 1.82) is 0 Å². The molecule has 11 heteroatoms. The average Bonchev–Trinajstić information content (AvgIpc) is 3.43. The molecule has 35 heavy (non-hydrogen) atoms. The fourth-order valence-corrected chi connectivity index (χ4v) is 3.99. The number of nitrogens with one attached hydrogen (secondary N) is 1. The lowest BCUT2D eigenvalue weighted by atomic mass is 10.1. The molecule has 1 amide bonds. The van der Waals surface area contributed by atoms with Crippen LogP contribution in [0.4, 0.5) is 19.0 Å². The van der Waals surface area contributed by atoms with Crippen molar-refractivity contribution in [3.63, 3.8) is 0 Å². The second-order valence-electron chi connectivity index (χ2n) is 7.63. The fourth-order valence-electron chi connectivity index (χ4n) is 3.57. The number of aromatic nitrogens is 5. The van der Waals surface area contributed by atoms with Crippen LogP contribution in [0.15, 0.2) is 77.5 Å². The number of nitrogens with zero attached hydrogens (tertiary/aromatic N) is 5. The molecule has 0 unspecified atom stereocenters. The number of anilines is 1. The number of rotatable bonds is 6. The van der Waals surface area contributed by atoms with Crippen molar-refractivity contribution < 1.29 is 18.0 Å². The van der Waals surface area contributed by atoms with Crippen molar-refractivity contribution in [3.8, 4) is 11.3 Å². The normalized spacial score (nSPS) is 11.3. The maximum absolute atomic E-state index is 13.8. The van der Waals surface area contributed by atoms with Gasteiger partial charge >= 0.3 is 0 Å². The van der Waals surface area contributed by atoms with Crippen LogP contribution in [-0.4, -0.2) is 30.3 Å². The second kappa shape index (κ2) is 9.34. The van der Waals surface area contributed by atoms with Crippen LogP contribution in [0.25, 0.3) is 16.9 Å². The monoisotopic (exact) mass is 540 g/mol. The van der Waals surface area contributed by atoms with Crippen LogP contribution < -0.4 is 5.32 Å². The molecule has 3 aromatic heterocycles. The van der Waals surface area contributed by atoms with Gasteiger partial charge in [0.15, 0.2) is 11.5 Å². The topological polar surface area (TPSA) is 77.1 Å². The van der Waals surface area contributed by atoms with E-state index in [1.54, 1.807) is 53.3 Å². The van der Waals surface area contributed by atoms with Crippen LogP contribution in [0, 0.1) is 5.82 Å². The predicted octanol–water partition coefficient (Wildman–Crippen LogP) is 5.73. The SMILES string of the molecule is O=C(Nc1nn(Cc2ccc(F)cc2)cc1Br)c1cnn2c(C(F)F)cc(-c3ccccc3)nc12. The van der Waals surface area contributed by atoms with Gasteiger partial charge in [-0.2, -0.15) is 10.2 Å². The van der Waals surface area contributed by atoms with E-state index in [4.69, 9.17) is 0 Å². The summed E-state index contributed by atoms with van der Waals surface area (Å²) in [5.74, 6) is -0.716. The minimum absolute atomic E-state index is 0.000945. The highest BCUT2D eigenvalue weighted by molar-refractivity contribution is 9.10. The summed E-state index contributed by atoms with van der Waals surface area (Å²) in [6, 6.07) is 16.1. The molecule has 0 spiro atoms. The van der Waals surface area contributed by atoms with E-state index in [1.807, 2.05) is 0 Å². The Hall–Kier alpha value is -3.99. The highest BCUT2D eigenvalue weighted by Gasteiger charge is 2.22. The van der Waals surface area contributed by atoms with Gasteiger partial charge in [0.05, 0.1) is 22.9 Å². The minimum Gasteiger partial charge on any atom is -0.304 e. The van der Waals surface area contributed by atoms with E-state index < -0.39 is 12.3 Å². The van der Waals surface area contributed by atoms with E-state index in [0.717, 1.165) is 10.1 Å². The number of amides is 1. The summed E-state index contributed by atoms with van der Waals surface area (Å²) in [5, 5.41) is 11.0. The molecular weight excluding hydrogens is 525 g/mol. The zero-order valence-corrected chi connectivity index (χ0v) is 19.5. The second-order valence-corrected chi connectivity index (χ2v) is 8.48. The molecule has 3 heterocycles. The molecular formula is C24H16BrF3N6O. The lowest BCUT2D eigenvalue weighted by Crippen LogP contribution is -2.14. The van der Waals surface area contributed by atoms with Crippen molar-refractivity contribution >= 4 is 33.3 Å². The average molecular weight is 541 g/mol. The van der Waals surface area contributed by atoms with Gasteiger partial charge in [0, 0.05) is 11.8 Å². The van der Waals surface area contributed by atoms with Gasteiger partial charge in [0.1, 0.15) is 17.1 Å². The first kappa shape index (κ1) is 22.8. The van der Waals surface area contributed by atoms with Crippen molar-refractivity contribution in [1.82, 2.24) is 24.4 Å². The smallest absolute Gasteiger partial charge is 0.280 e. The highest BCUT2D eigenvalue weighted by atomic mass is 79.9. The molecule has 0 aliphatic carbocycles. The Labute approximate surface area is 205 Å². The Bertz CT molecular complexity index is 1520. The Morgan fingerprint density at radius 3 is 2.54 bits per heavy atom. The highest BCUT2D eigenvalue weighted by Crippen LogP contribution is 2.27. The molecule has 2 aromatic carbocycles. The van der Waals surface area contributed by atoms with E-state index in [-0.39, 0.29) is 28.5 Å². The fraction of sp³-hybridized carbons (Fsp3) is 0.0833. The van der Waals surface area contributed by atoms with E-state index >= 15 is 0 Å². The molecule has 5 aromatic rings. The van der Waals surface area contributed by atoms with E-state index in [1.165, 1.54) is 24.4 Å². The zero-order valence-electron chi connectivity index (χ0n) is 17.9. The lowest BCUT2D eigenvalue weighted by Gasteiger charge is -2.08. The number of carbonyl (C=O) groups excluding carboxylic acids is 1. The molecule has 7 nitrogen and oxygen atoms in total. The summed E-state index contributed by atoms with van der Waals surface area (Å²) in [6.45, 7) is 0.352. The maximum atomic E-state index is 13.8. The van der Waals surface area contributed by atoms with Crippen molar-refractivity contribution in [2.45, 2.75) is 13.0 Å². The Morgan fingerprint density at radius 2 is 1.83 bits per heavy atom. The molecule has 0 atom stereocenters. The van der Waals surface area contributed by atoms with Gasteiger partial charge in [-0.25, -0.2) is 22.7 Å². The van der Waals surface area contributed by atoms with Crippen LogP contribution in [-0.2, 0) is 6.54 Å². The summed E-state index contributed by atoms with van der Waals surface area (Å²) in [6.07, 6.45) is 0.0346. The lowest BCUT2D eigenvalue weighted by molar-refractivity contribution is 0.102. The number of benzene rings is 2. The van der Waals surface area contributed by atoms with Gasteiger partial charge in [0.25, 0.3) is 12.3 Å². The first-order valence-electron chi connectivity index (χ1n) is 10.4. The van der Waals surface area contributed by atoms with Gasteiger partial charge in [-0.3, -0.25) is 9.48 Å². The van der Waals surface area contributed by atoms with Crippen molar-refractivity contribution in [2.75, 3.05) is 5.32 Å². The molecule has 176 valence electrons. The van der Waals surface area contributed by atoms with Crippen molar-refractivity contribution in [3.05, 3.63) is 100 Å². The largest absolute Gasteiger partial charge is 0.304 e. The summed E-state index contributed by atoms with van der Waals surface area (Å²) in [4.78, 5) is 17.5. The zero-order chi connectivity index (χ0) is 24.5. The molecule has 0 radical (unpaired) electrons. The predicted molar refractivity (Wildman–Crippen MR) is 127 cm³/mol. The van der Waals surface area contributed by atoms with Crippen LogP contribution in [0.1, 0.15) is 28.0 Å². The first-order chi connectivity index (χ1) is 16.9. The number of carbonyl (C=O) groups is 1. The van der Waals surface area contributed by atoms with Gasteiger partial charge in [-0.15, -0.1) is 0 Å². The van der Waals surface area contributed by atoms with Gasteiger partial charge in [0.2, 0.25) is 0 Å². The molecule has 0 bridgehead atoms. The molecule has 0 fully saturated rings. The van der Waals surface area contributed by atoms with Crippen LogP contribution >= 0.6 is 15.9 Å². The standard InChI is InChI=1S/C24H16BrF3N6O/c25-18-13-33(12-14-6-8-16(26)9-7-14)32-22(18)31-24(35)17-11-29-34-20(21(27)28)10-19(30-23(17)34)15-4-2-1-3-5-15/h1-11,13,21H,12H2,(H,31,32,35). The molecule has 1 N–H and O–H groups in total. The summed E-state index contributed by atoms with van der Waals surface area (Å²) < 4.78 is 43.7.